The van der Waals surface area contributed by atoms with Gasteiger partial charge in [-0.25, -0.2) is 4.39 Å². The molecule has 6 rings (SSSR count). The van der Waals surface area contributed by atoms with Crippen LogP contribution in [-0.4, -0.2) is 44.9 Å². The molecule has 1 unspecified atom stereocenters. The molecule has 1 aromatic carbocycles. The van der Waals surface area contributed by atoms with Gasteiger partial charge < -0.3 is 5.32 Å². The summed E-state index contributed by atoms with van der Waals surface area (Å²) in [6.45, 7) is 3.18. The van der Waals surface area contributed by atoms with E-state index in [0.29, 0.717) is 18.5 Å². The zero-order valence-electron chi connectivity index (χ0n) is 18.8. The van der Waals surface area contributed by atoms with Crippen LogP contribution in [0.5, 0.6) is 0 Å². The quantitative estimate of drug-likeness (QED) is 0.717. The van der Waals surface area contributed by atoms with Gasteiger partial charge in [0.05, 0.1) is 18.2 Å². The molecule has 32 heavy (non-hydrogen) atoms. The van der Waals surface area contributed by atoms with Crippen LogP contribution >= 0.6 is 0 Å². The van der Waals surface area contributed by atoms with Gasteiger partial charge in [-0.05, 0) is 55.3 Å². The number of benzene rings is 1. The Balaban J connectivity index is 1.12. The average molecular weight is 440 g/mol. The van der Waals surface area contributed by atoms with Crippen molar-refractivity contribution in [3.63, 3.8) is 0 Å². The van der Waals surface area contributed by atoms with Crippen molar-refractivity contribution in [2.45, 2.75) is 70.5 Å². The molecular weight excluding hydrogens is 405 g/mol. The Morgan fingerprint density at radius 2 is 1.94 bits per heavy atom. The van der Waals surface area contributed by atoms with Gasteiger partial charge in [0.15, 0.2) is 0 Å². The molecule has 172 valence electrons. The maximum atomic E-state index is 13.1. The number of carbonyl (C=O) groups is 1. The summed E-state index contributed by atoms with van der Waals surface area (Å²) in [4.78, 5) is 15.3. The van der Waals surface area contributed by atoms with Crippen LogP contribution < -0.4 is 5.32 Å². The molecule has 0 radical (unpaired) electrons. The molecule has 6 nitrogen and oxygen atoms in total. The minimum absolute atomic E-state index is 0.0399. The number of rotatable bonds is 7. The van der Waals surface area contributed by atoms with E-state index >= 15 is 0 Å². The molecule has 1 aliphatic carbocycles. The van der Waals surface area contributed by atoms with Crippen molar-refractivity contribution < 1.29 is 9.18 Å². The van der Waals surface area contributed by atoms with E-state index in [1.54, 1.807) is 12.1 Å². The van der Waals surface area contributed by atoms with Crippen LogP contribution in [0, 0.1) is 23.6 Å². The second-order valence-electron chi connectivity index (χ2n) is 10.0. The first-order valence-corrected chi connectivity index (χ1v) is 12.3. The van der Waals surface area contributed by atoms with E-state index in [9.17, 15) is 9.18 Å². The fourth-order valence-corrected chi connectivity index (χ4v) is 5.97. The number of amides is 1. The van der Waals surface area contributed by atoms with E-state index in [-0.39, 0.29) is 17.6 Å². The van der Waals surface area contributed by atoms with Crippen LogP contribution in [0.1, 0.15) is 56.2 Å². The zero-order valence-corrected chi connectivity index (χ0v) is 18.8. The Kier molecular flexibility index (Phi) is 6.53. The summed E-state index contributed by atoms with van der Waals surface area (Å²) in [7, 11) is 0. The van der Waals surface area contributed by atoms with E-state index in [1.165, 1.54) is 44.2 Å². The number of hydrogen-bond donors (Lipinski definition) is 1. The summed E-state index contributed by atoms with van der Waals surface area (Å²) in [6, 6.07) is 6.75. The van der Waals surface area contributed by atoms with E-state index in [1.807, 2.05) is 4.68 Å². The highest BCUT2D eigenvalue weighted by atomic mass is 19.1. The number of fused-ring (bicyclic) bond motifs is 3. The van der Waals surface area contributed by atoms with Gasteiger partial charge in [-0.2, -0.15) is 0 Å². The third kappa shape index (κ3) is 5.03. The first kappa shape index (κ1) is 21.6. The minimum Gasteiger partial charge on any atom is -0.352 e. The van der Waals surface area contributed by atoms with Crippen LogP contribution in [0.3, 0.4) is 0 Å². The maximum absolute atomic E-state index is 13.1. The van der Waals surface area contributed by atoms with Crippen molar-refractivity contribution in [2.75, 3.05) is 13.1 Å². The van der Waals surface area contributed by atoms with Gasteiger partial charge in [0.25, 0.3) is 0 Å². The fraction of sp³-hybridized carbons (Fsp3) is 0.640. The number of nitrogens with one attached hydrogen (secondary N) is 1. The molecule has 3 aliphatic heterocycles. The number of nitrogens with zero attached hydrogens (tertiary/aromatic N) is 4. The molecule has 4 fully saturated rings. The molecule has 1 N–H and O–H groups in total. The van der Waals surface area contributed by atoms with Crippen molar-refractivity contribution in [1.29, 1.82) is 0 Å². The second-order valence-corrected chi connectivity index (χ2v) is 10.0. The summed E-state index contributed by atoms with van der Waals surface area (Å²) in [5.41, 5.74) is 2.06. The van der Waals surface area contributed by atoms with Crippen LogP contribution in [0.25, 0.3) is 0 Å². The molecule has 7 heteroatoms. The predicted octanol–water partition coefficient (Wildman–Crippen LogP) is 3.57. The molecule has 4 aliphatic rings. The number of piperidine rings is 3. The SMILES string of the molecule is O=C(NCc1ccc(F)cc1)[C@@H]1CN2CC[C@@H]1C[C@@H]2Cn1cc(CC2CCCCC2)nn1. The molecule has 4 heterocycles. The molecule has 1 saturated carbocycles. The first-order chi connectivity index (χ1) is 15.6. The van der Waals surface area contributed by atoms with Crippen molar-refractivity contribution in [3.8, 4) is 0 Å². The number of carbonyl (C=O) groups excluding carboxylic acids is 1. The van der Waals surface area contributed by atoms with Gasteiger partial charge in [0.1, 0.15) is 5.82 Å². The van der Waals surface area contributed by atoms with Crippen molar-refractivity contribution >= 4 is 5.91 Å². The van der Waals surface area contributed by atoms with Gasteiger partial charge in [-0.3, -0.25) is 14.4 Å². The topological polar surface area (TPSA) is 63.1 Å². The van der Waals surface area contributed by atoms with Gasteiger partial charge in [-0.1, -0.05) is 49.5 Å². The summed E-state index contributed by atoms with van der Waals surface area (Å²) < 4.78 is 15.1. The lowest BCUT2D eigenvalue weighted by atomic mass is 9.75. The number of hydrogen-bond acceptors (Lipinski definition) is 4. The van der Waals surface area contributed by atoms with Crippen molar-refractivity contribution in [2.24, 2.45) is 17.8 Å². The largest absolute Gasteiger partial charge is 0.352 e. The Hall–Kier alpha value is -2.28. The minimum atomic E-state index is -0.253. The van der Waals surface area contributed by atoms with Gasteiger partial charge in [0, 0.05) is 25.3 Å². The Morgan fingerprint density at radius 3 is 2.69 bits per heavy atom. The van der Waals surface area contributed by atoms with Crippen LogP contribution in [0.15, 0.2) is 30.5 Å². The van der Waals surface area contributed by atoms with Gasteiger partial charge in [0.2, 0.25) is 5.91 Å². The third-order valence-corrected chi connectivity index (χ3v) is 7.80. The Bertz CT molecular complexity index is 907. The number of halogens is 1. The maximum Gasteiger partial charge on any atom is 0.224 e. The summed E-state index contributed by atoms with van der Waals surface area (Å²) in [5.74, 6) is 1.11. The van der Waals surface area contributed by atoms with Crippen molar-refractivity contribution in [3.05, 3.63) is 47.5 Å². The summed E-state index contributed by atoms with van der Waals surface area (Å²) >= 11 is 0. The monoisotopic (exact) mass is 439 g/mol. The lowest BCUT2D eigenvalue weighted by Gasteiger charge is -2.49. The van der Waals surface area contributed by atoms with E-state index in [2.05, 4.69) is 26.7 Å². The second kappa shape index (κ2) is 9.69. The highest BCUT2D eigenvalue weighted by Gasteiger charge is 2.43. The van der Waals surface area contributed by atoms with Crippen LogP contribution in [-0.2, 0) is 24.3 Å². The number of aromatic nitrogens is 3. The molecule has 2 aromatic rings. The highest BCUT2D eigenvalue weighted by molar-refractivity contribution is 5.79. The fourth-order valence-electron chi connectivity index (χ4n) is 5.97. The zero-order chi connectivity index (χ0) is 21.9. The summed E-state index contributed by atoms with van der Waals surface area (Å²) in [5, 5.41) is 11.9. The Labute approximate surface area is 189 Å². The molecule has 3 saturated heterocycles. The normalized spacial score (nSPS) is 28.0. The highest BCUT2D eigenvalue weighted by Crippen LogP contribution is 2.37. The first-order valence-electron chi connectivity index (χ1n) is 12.3. The molecule has 1 aromatic heterocycles. The van der Waals surface area contributed by atoms with Gasteiger partial charge in [-0.15, -0.1) is 5.10 Å². The van der Waals surface area contributed by atoms with Crippen LogP contribution in [0.2, 0.25) is 0 Å². The van der Waals surface area contributed by atoms with E-state index in [4.69, 9.17) is 0 Å². The summed E-state index contributed by atoms with van der Waals surface area (Å²) in [6.07, 6.45) is 12.1. The van der Waals surface area contributed by atoms with Crippen LogP contribution in [0.4, 0.5) is 4.39 Å². The molecular formula is C25H34FN5O. The van der Waals surface area contributed by atoms with Gasteiger partial charge >= 0.3 is 0 Å². The van der Waals surface area contributed by atoms with E-state index < -0.39 is 0 Å². The molecule has 1 amide bonds. The average Bonchev–Trinajstić information content (AvgIpc) is 3.26. The predicted molar refractivity (Wildman–Crippen MR) is 120 cm³/mol. The Morgan fingerprint density at radius 1 is 1.12 bits per heavy atom. The van der Waals surface area contributed by atoms with Crippen molar-refractivity contribution in [1.82, 2.24) is 25.2 Å². The lowest BCUT2D eigenvalue weighted by Crippen LogP contribution is -2.58. The van der Waals surface area contributed by atoms with E-state index in [0.717, 1.165) is 56.1 Å². The lowest BCUT2D eigenvalue weighted by molar-refractivity contribution is -0.133. The smallest absolute Gasteiger partial charge is 0.224 e. The third-order valence-electron chi connectivity index (χ3n) is 7.80. The molecule has 2 bridgehead atoms. The molecule has 0 spiro atoms. The standard InChI is InChI=1S/C25H34FN5O/c26-21-8-6-19(7-9-21)14-27-25(32)24-17-30-11-10-20(24)13-23(30)16-31-15-22(28-29-31)12-18-4-2-1-3-5-18/h6-9,15,18,20,23-24H,1-5,10-14,16-17H2,(H,27,32)/t20-,23-,24-/m1/s1. The molecule has 4 atom stereocenters.